The Kier molecular flexibility index (Phi) is 2.99. The molecule has 2 aromatic heterocycles. The van der Waals surface area contributed by atoms with E-state index in [-0.39, 0.29) is 11.6 Å². The van der Waals surface area contributed by atoms with E-state index in [1.165, 1.54) is 12.4 Å². The third-order valence-corrected chi connectivity index (χ3v) is 2.59. The van der Waals surface area contributed by atoms with Gasteiger partial charge in [0.15, 0.2) is 0 Å². The van der Waals surface area contributed by atoms with E-state index in [9.17, 15) is 4.79 Å². The summed E-state index contributed by atoms with van der Waals surface area (Å²) in [5.41, 5.74) is 0.902. The van der Waals surface area contributed by atoms with Gasteiger partial charge in [-0.25, -0.2) is 4.98 Å². The van der Waals surface area contributed by atoms with E-state index in [2.05, 4.69) is 15.3 Å². The second kappa shape index (κ2) is 4.45. The van der Waals surface area contributed by atoms with Gasteiger partial charge in [-0.2, -0.15) is 0 Å². The maximum atomic E-state index is 11.1. The minimum atomic E-state index is -0.171. The van der Waals surface area contributed by atoms with Crippen molar-refractivity contribution in [1.29, 1.82) is 0 Å². The number of hydrogen-bond acceptors (Lipinski definition) is 4. The highest BCUT2D eigenvalue weighted by Gasteiger charge is 2.12. The van der Waals surface area contributed by atoms with Crippen molar-refractivity contribution in [3.63, 3.8) is 0 Å². The minimum absolute atomic E-state index is 0.0433. The first kappa shape index (κ1) is 11.4. The SMILES string of the molecule is Cc1cc(C(C)Nc2cc(=O)[nH]cn2)c(C)o1. The van der Waals surface area contributed by atoms with Crippen molar-refractivity contribution in [2.75, 3.05) is 5.32 Å². The van der Waals surface area contributed by atoms with Crippen LogP contribution in [0.15, 0.2) is 27.7 Å². The molecule has 2 rings (SSSR count). The Balaban J connectivity index is 2.19. The third kappa shape index (κ3) is 2.55. The lowest BCUT2D eigenvalue weighted by Gasteiger charge is -2.13. The number of H-pyrrole nitrogens is 1. The molecule has 1 unspecified atom stereocenters. The van der Waals surface area contributed by atoms with Crippen LogP contribution in [0, 0.1) is 13.8 Å². The van der Waals surface area contributed by atoms with E-state index in [1.54, 1.807) is 0 Å². The maximum Gasteiger partial charge on any atom is 0.252 e. The van der Waals surface area contributed by atoms with E-state index in [4.69, 9.17) is 4.42 Å². The van der Waals surface area contributed by atoms with Crippen LogP contribution in [0.25, 0.3) is 0 Å². The molecule has 2 N–H and O–H groups in total. The Labute approximate surface area is 98.9 Å². The Morgan fingerprint density at radius 2 is 2.18 bits per heavy atom. The van der Waals surface area contributed by atoms with Crippen molar-refractivity contribution in [2.24, 2.45) is 0 Å². The maximum absolute atomic E-state index is 11.1. The highest BCUT2D eigenvalue weighted by atomic mass is 16.3. The molecule has 0 aromatic carbocycles. The molecule has 2 heterocycles. The van der Waals surface area contributed by atoms with Crippen LogP contribution in [0.5, 0.6) is 0 Å². The first-order chi connectivity index (χ1) is 8.06. The molecular formula is C12H15N3O2. The van der Waals surface area contributed by atoms with Crippen molar-refractivity contribution >= 4 is 5.82 Å². The number of nitrogens with zero attached hydrogens (tertiary/aromatic N) is 1. The number of aryl methyl sites for hydroxylation is 2. The third-order valence-electron chi connectivity index (χ3n) is 2.59. The van der Waals surface area contributed by atoms with Gasteiger partial charge in [0.25, 0.3) is 5.56 Å². The standard InChI is InChI=1S/C12H15N3O2/c1-7-4-10(9(3)17-7)8(2)15-11-5-12(16)14-6-13-11/h4-6,8H,1-3H3,(H2,13,14,15,16). The average Bonchev–Trinajstić information content (AvgIpc) is 2.58. The van der Waals surface area contributed by atoms with Gasteiger partial charge in [0.1, 0.15) is 17.3 Å². The summed E-state index contributed by atoms with van der Waals surface area (Å²) in [6.45, 7) is 5.83. The molecule has 0 aliphatic heterocycles. The summed E-state index contributed by atoms with van der Waals surface area (Å²) in [5.74, 6) is 2.32. The van der Waals surface area contributed by atoms with Crippen molar-refractivity contribution in [1.82, 2.24) is 9.97 Å². The van der Waals surface area contributed by atoms with Crippen LogP contribution in [0.4, 0.5) is 5.82 Å². The van der Waals surface area contributed by atoms with E-state index >= 15 is 0 Å². The fourth-order valence-corrected chi connectivity index (χ4v) is 1.83. The van der Waals surface area contributed by atoms with Gasteiger partial charge in [-0.15, -0.1) is 0 Å². The van der Waals surface area contributed by atoms with Crippen molar-refractivity contribution in [2.45, 2.75) is 26.8 Å². The van der Waals surface area contributed by atoms with Crippen LogP contribution in [-0.4, -0.2) is 9.97 Å². The summed E-state index contributed by atoms with van der Waals surface area (Å²) in [4.78, 5) is 17.6. The highest BCUT2D eigenvalue weighted by molar-refractivity contribution is 5.37. The smallest absolute Gasteiger partial charge is 0.252 e. The van der Waals surface area contributed by atoms with E-state index in [0.717, 1.165) is 17.1 Å². The predicted molar refractivity (Wildman–Crippen MR) is 65.1 cm³/mol. The second-order valence-corrected chi connectivity index (χ2v) is 4.03. The van der Waals surface area contributed by atoms with Crippen molar-refractivity contribution in [3.8, 4) is 0 Å². The quantitative estimate of drug-likeness (QED) is 0.852. The fourth-order valence-electron chi connectivity index (χ4n) is 1.83. The molecule has 90 valence electrons. The number of rotatable bonds is 3. The van der Waals surface area contributed by atoms with Gasteiger partial charge in [-0.1, -0.05) is 0 Å². The number of aromatic nitrogens is 2. The largest absolute Gasteiger partial charge is 0.466 e. The topological polar surface area (TPSA) is 70.9 Å². The van der Waals surface area contributed by atoms with Crippen LogP contribution in [0.1, 0.15) is 30.0 Å². The van der Waals surface area contributed by atoms with Crippen LogP contribution in [0.3, 0.4) is 0 Å². The lowest BCUT2D eigenvalue weighted by Crippen LogP contribution is -2.12. The van der Waals surface area contributed by atoms with Gasteiger partial charge in [0.05, 0.1) is 12.4 Å². The average molecular weight is 233 g/mol. The zero-order valence-electron chi connectivity index (χ0n) is 10.1. The molecule has 0 saturated carbocycles. The number of hydrogen-bond donors (Lipinski definition) is 2. The summed E-state index contributed by atoms with van der Waals surface area (Å²) < 4.78 is 5.47. The Morgan fingerprint density at radius 1 is 1.41 bits per heavy atom. The van der Waals surface area contributed by atoms with Gasteiger partial charge in [-0.05, 0) is 26.8 Å². The molecule has 2 aromatic rings. The molecule has 0 spiro atoms. The zero-order chi connectivity index (χ0) is 12.4. The molecule has 0 bridgehead atoms. The Bertz CT molecular complexity index is 571. The number of anilines is 1. The number of aromatic amines is 1. The first-order valence-electron chi connectivity index (χ1n) is 5.44. The molecule has 0 radical (unpaired) electrons. The van der Waals surface area contributed by atoms with Crippen LogP contribution in [-0.2, 0) is 0 Å². The highest BCUT2D eigenvalue weighted by Crippen LogP contribution is 2.23. The minimum Gasteiger partial charge on any atom is -0.466 e. The summed E-state index contributed by atoms with van der Waals surface area (Å²) in [7, 11) is 0. The zero-order valence-corrected chi connectivity index (χ0v) is 10.1. The van der Waals surface area contributed by atoms with E-state index in [1.807, 2.05) is 26.8 Å². The predicted octanol–water partition coefficient (Wildman–Crippen LogP) is 2.15. The molecule has 0 fully saturated rings. The summed E-state index contributed by atoms with van der Waals surface area (Å²) in [6.07, 6.45) is 1.38. The van der Waals surface area contributed by atoms with Gasteiger partial charge in [-0.3, -0.25) is 4.79 Å². The summed E-state index contributed by atoms with van der Waals surface area (Å²) >= 11 is 0. The van der Waals surface area contributed by atoms with E-state index < -0.39 is 0 Å². The monoisotopic (exact) mass is 233 g/mol. The van der Waals surface area contributed by atoms with Gasteiger partial charge in [0.2, 0.25) is 0 Å². The lowest BCUT2D eigenvalue weighted by molar-refractivity contribution is 0.500. The normalized spacial score (nSPS) is 12.4. The Morgan fingerprint density at radius 3 is 2.76 bits per heavy atom. The second-order valence-electron chi connectivity index (χ2n) is 4.03. The van der Waals surface area contributed by atoms with Gasteiger partial charge in [0, 0.05) is 11.6 Å². The lowest BCUT2D eigenvalue weighted by atomic mass is 10.1. The molecule has 0 aliphatic carbocycles. The molecule has 5 nitrogen and oxygen atoms in total. The molecule has 0 aliphatic rings. The van der Waals surface area contributed by atoms with Crippen molar-refractivity contribution < 1.29 is 4.42 Å². The molecule has 1 atom stereocenters. The van der Waals surface area contributed by atoms with Crippen molar-refractivity contribution in [3.05, 3.63) is 45.9 Å². The van der Waals surface area contributed by atoms with Crippen LogP contribution < -0.4 is 10.9 Å². The Hall–Kier alpha value is -2.04. The molecule has 5 heteroatoms. The molecule has 0 saturated heterocycles. The van der Waals surface area contributed by atoms with Gasteiger partial charge < -0.3 is 14.7 Å². The molecule has 17 heavy (non-hydrogen) atoms. The van der Waals surface area contributed by atoms with Crippen LogP contribution in [0.2, 0.25) is 0 Å². The van der Waals surface area contributed by atoms with Crippen LogP contribution >= 0.6 is 0 Å². The summed E-state index contributed by atoms with van der Waals surface area (Å²) in [6, 6.07) is 3.46. The van der Waals surface area contributed by atoms with E-state index in [0.29, 0.717) is 5.82 Å². The summed E-state index contributed by atoms with van der Waals surface area (Å²) in [5, 5.41) is 3.16. The van der Waals surface area contributed by atoms with Gasteiger partial charge >= 0.3 is 0 Å². The number of nitrogens with one attached hydrogen (secondary N) is 2. The molecular weight excluding hydrogens is 218 g/mol. The fraction of sp³-hybridized carbons (Fsp3) is 0.333. The molecule has 0 amide bonds. The first-order valence-corrected chi connectivity index (χ1v) is 5.44. The number of furan rings is 1.